The van der Waals surface area contributed by atoms with E-state index in [4.69, 9.17) is 15.0 Å². The van der Waals surface area contributed by atoms with Crippen LogP contribution >= 0.6 is 0 Å². The first-order valence-electron chi connectivity index (χ1n) is 20.9. The first kappa shape index (κ1) is 35.0. The van der Waals surface area contributed by atoms with Crippen LogP contribution in [-0.2, 0) is 5.41 Å². The fourth-order valence-corrected chi connectivity index (χ4v) is 10.1. The Labute approximate surface area is 355 Å². The molecule has 0 fully saturated rings. The largest absolute Gasteiger partial charge is 0.208 e. The smallest absolute Gasteiger partial charge is 0.164 e. The molecule has 0 bridgehead atoms. The van der Waals surface area contributed by atoms with E-state index >= 15 is 0 Å². The van der Waals surface area contributed by atoms with Crippen LogP contribution in [0.15, 0.2) is 224 Å². The van der Waals surface area contributed by atoms with Crippen LogP contribution in [0.2, 0.25) is 0 Å². The Balaban J connectivity index is 1.12. The minimum Gasteiger partial charge on any atom is -0.208 e. The molecule has 3 heteroatoms. The summed E-state index contributed by atoms with van der Waals surface area (Å²) in [5.41, 5.74) is 19.3. The van der Waals surface area contributed by atoms with Gasteiger partial charge in [-0.1, -0.05) is 224 Å². The van der Waals surface area contributed by atoms with Crippen LogP contribution in [0.1, 0.15) is 22.3 Å². The monoisotopic (exact) mass is 775 g/mol. The van der Waals surface area contributed by atoms with Gasteiger partial charge in [0.15, 0.2) is 17.5 Å². The number of fused-ring (bicyclic) bond motifs is 10. The SMILES string of the molecule is c1ccc(-c2ccccc2-c2nc(-c3ccccc3-c3ccccc3)nc(-c3ccccc3-c3cccc4c3-c3ccccc3C43c4ccccc4-c4ccccc43)n2)cc1. The minimum atomic E-state index is -0.445. The second-order valence-corrected chi connectivity index (χ2v) is 15.8. The molecular formula is C58H37N3. The molecule has 0 N–H and O–H groups in total. The third-order valence-corrected chi connectivity index (χ3v) is 12.6. The van der Waals surface area contributed by atoms with Crippen molar-refractivity contribution < 1.29 is 0 Å². The van der Waals surface area contributed by atoms with Crippen molar-refractivity contribution in [1.82, 2.24) is 15.0 Å². The predicted molar refractivity (Wildman–Crippen MR) is 249 cm³/mol. The molecule has 0 amide bonds. The summed E-state index contributed by atoms with van der Waals surface area (Å²) in [6.45, 7) is 0. The van der Waals surface area contributed by atoms with Gasteiger partial charge >= 0.3 is 0 Å². The average molecular weight is 776 g/mol. The topological polar surface area (TPSA) is 38.7 Å². The van der Waals surface area contributed by atoms with Gasteiger partial charge in [0.1, 0.15) is 0 Å². The normalized spacial score (nSPS) is 12.7. The van der Waals surface area contributed by atoms with Crippen molar-refractivity contribution in [2.75, 3.05) is 0 Å². The number of nitrogens with zero attached hydrogens (tertiary/aromatic N) is 3. The molecule has 9 aromatic carbocycles. The van der Waals surface area contributed by atoms with E-state index < -0.39 is 5.41 Å². The standard InChI is InChI=1S/C58H37N3/c1-3-20-38(21-4-1)40-24-7-10-29-46(40)55-59-56(47-30-11-8-25-41(47)39-22-5-2-6-23-39)61-57(60-55)48-31-12-9-26-42(48)45-33-19-37-53-54(45)49-32-15-18-36-52(49)58(53)50-34-16-13-27-43(50)44-28-14-17-35-51(44)58/h1-37H. The molecule has 0 radical (unpaired) electrons. The van der Waals surface area contributed by atoms with Gasteiger partial charge in [0.25, 0.3) is 0 Å². The average Bonchev–Trinajstić information content (AvgIpc) is 3.82. The first-order chi connectivity index (χ1) is 30.3. The van der Waals surface area contributed by atoms with E-state index in [2.05, 4.69) is 212 Å². The highest BCUT2D eigenvalue weighted by Crippen LogP contribution is 2.64. The molecule has 1 heterocycles. The Morgan fingerprint density at radius 1 is 0.213 bits per heavy atom. The lowest BCUT2D eigenvalue weighted by atomic mass is 9.70. The molecule has 12 rings (SSSR count). The molecule has 0 unspecified atom stereocenters. The Morgan fingerprint density at radius 2 is 0.525 bits per heavy atom. The quantitative estimate of drug-likeness (QED) is 0.169. The Hall–Kier alpha value is -8.01. The van der Waals surface area contributed by atoms with Crippen molar-refractivity contribution in [2.24, 2.45) is 0 Å². The maximum absolute atomic E-state index is 5.42. The lowest BCUT2D eigenvalue weighted by Crippen LogP contribution is -2.25. The number of hydrogen-bond acceptors (Lipinski definition) is 3. The molecule has 284 valence electrons. The van der Waals surface area contributed by atoms with Crippen LogP contribution in [-0.4, -0.2) is 15.0 Å². The van der Waals surface area contributed by atoms with Crippen molar-refractivity contribution in [3.63, 3.8) is 0 Å². The van der Waals surface area contributed by atoms with Crippen LogP contribution in [0.3, 0.4) is 0 Å². The van der Waals surface area contributed by atoms with Crippen LogP contribution in [0.5, 0.6) is 0 Å². The van der Waals surface area contributed by atoms with Crippen LogP contribution in [0.25, 0.3) is 89.8 Å². The minimum absolute atomic E-state index is 0.445. The van der Waals surface area contributed by atoms with E-state index in [1.807, 2.05) is 12.1 Å². The van der Waals surface area contributed by atoms with E-state index in [9.17, 15) is 0 Å². The molecule has 0 saturated carbocycles. The molecule has 0 aliphatic heterocycles. The van der Waals surface area contributed by atoms with Crippen LogP contribution in [0, 0.1) is 0 Å². The van der Waals surface area contributed by atoms with E-state index in [1.165, 1.54) is 44.5 Å². The van der Waals surface area contributed by atoms with E-state index in [1.54, 1.807) is 0 Å². The highest BCUT2D eigenvalue weighted by molar-refractivity contribution is 6.01. The molecule has 61 heavy (non-hydrogen) atoms. The summed E-state index contributed by atoms with van der Waals surface area (Å²) in [6, 6.07) is 80.2. The Morgan fingerprint density at radius 3 is 1.00 bits per heavy atom. The molecule has 0 saturated heterocycles. The fraction of sp³-hybridized carbons (Fsp3) is 0.0172. The highest BCUT2D eigenvalue weighted by Gasteiger charge is 2.52. The maximum Gasteiger partial charge on any atom is 0.164 e. The van der Waals surface area contributed by atoms with Gasteiger partial charge in [-0.15, -0.1) is 0 Å². The van der Waals surface area contributed by atoms with Gasteiger partial charge in [0.2, 0.25) is 0 Å². The van der Waals surface area contributed by atoms with Gasteiger partial charge in [0, 0.05) is 16.7 Å². The van der Waals surface area contributed by atoms with E-state index in [-0.39, 0.29) is 0 Å². The number of hydrogen-bond donors (Lipinski definition) is 0. The number of rotatable bonds is 6. The zero-order valence-electron chi connectivity index (χ0n) is 33.2. The molecular weight excluding hydrogens is 739 g/mol. The molecule has 1 aromatic heterocycles. The second kappa shape index (κ2) is 14.1. The lowest BCUT2D eigenvalue weighted by Gasteiger charge is -2.30. The molecule has 0 atom stereocenters. The van der Waals surface area contributed by atoms with Gasteiger partial charge in [-0.3, -0.25) is 0 Å². The summed E-state index contributed by atoms with van der Waals surface area (Å²) in [7, 11) is 0. The summed E-state index contributed by atoms with van der Waals surface area (Å²) >= 11 is 0. The van der Waals surface area contributed by atoms with Gasteiger partial charge in [-0.2, -0.15) is 0 Å². The van der Waals surface area contributed by atoms with Gasteiger partial charge in [-0.05, 0) is 77.9 Å². The third kappa shape index (κ3) is 5.34. The van der Waals surface area contributed by atoms with Gasteiger partial charge in [-0.25, -0.2) is 15.0 Å². The predicted octanol–water partition coefficient (Wildman–Crippen LogP) is 14.2. The van der Waals surface area contributed by atoms with Crippen molar-refractivity contribution in [2.45, 2.75) is 5.41 Å². The molecule has 3 nitrogen and oxygen atoms in total. The molecule has 2 aliphatic rings. The third-order valence-electron chi connectivity index (χ3n) is 12.6. The molecule has 1 spiro atoms. The zero-order valence-corrected chi connectivity index (χ0v) is 33.2. The van der Waals surface area contributed by atoms with E-state index in [0.29, 0.717) is 17.5 Å². The van der Waals surface area contributed by atoms with Gasteiger partial charge < -0.3 is 0 Å². The van der Waals surface area contributed by atoms with Crippen molar-refractivity contribution in [1.29, 1.82) is 0 Å². The number of benzene rings is 9. The summed E-state index contributed by atoms with van der Waals surface area (Å²) in [5.74, 6) is 1.87. The lowest BCUT2D eigenvalue weighted by molar-refractivity contribution is 0.794. The van der Waals surface area contributed by atoms with Crippen molar-refractivity contribution in [3.05, 3.63) is 247 Å². The first-order valence-corrected chi connectivity index (χ1v) is 20.9. The zero-order chi connectivity index (χ0) is 40.3. The Bertz CT molecular complexity index is 3170. The van der Waals surface area contributed by atoms with Gasteiger partial charge in [0.05, 0.1) is 5.41 Å². The van der Waals surface area contributed by atoms with E-state index in [0.717, 1.165) is 50.1 Å². The summed E-state index contributed by atoms with van der Waals surface area (Å²) in [4.78, 5) is 16.2. The van der Waals surface area contributed by atoms with Crippen molar-refractivity contribution >= 4 is 0 Å². The fourth-order valence-electron chi connectivity index (χ4n) is 10.1. The summed E-state index contributed by atoms with van der Waals surface area (Å²) < 4.78 is 0. The summed E-state index contributed by atoms with van der Waals surface area (Å²) in [6.07, 6.45) is 0. The molecule has 10 aromatic rings. The summed E-state index contributed by atoms with van der Waals surface area (Å²) in [5, 5.41) is 0. The van der Waals surface area contributed by atoms with Crippen molar-refractivity contribution in [3.8, 4) is 89.8 Å². The second-order valence-electron chi connectivity index (χ2n) is 15.8. The highest BCUT2D eigenvalue weighted by atomic mass is 15.0. The number of aromatic nitrogens is 3. The Kier molecular flexibility index (Phi) is 8.07. The van der Waals surface area contributed by atoms with Crippen LogP contribution in [0.4, 0.5) is 0 Å². The van der Waals surface area contributed by atoms with Crippen LogP contribution < -0.4 is 0 Å². The molecule has 2 aliphatic carbocycles. The maximum atomic E-state index is 5.42.